The molecular formula is C32H32N2O11S. The van der Waals surface area contributed by atoms with Gasteiger partial charge in [0, 0.05) is 22.6 Å². The van der Waals surface area contributed by atoms with E-state index in [1.807, 2.05) is 6.92 Å². The van der Waals surface area contributed by atoms with Crippen molar-refractivity contribution >= 4 is 48.0 Å². The van der Waals surface area contributed by atoms with Crippen LogP contribution in [0.1, 0.15) is 41.0 Å². The number of β-lactam (4-membered cyclic amide) rings is 1. The van der Waals surface area contributed by atoms with Gasteiger partial charge in [-0.25, -0.2) is 19.2 Å². The third kappa shape index (κ3) is 6.63. The minimum absolute atomic E-state index is 0.0309. The fraction of sp³-hybridized carbons (Fsp3) is 0.375. The topological polar surface area (TPSA) is 166 Å². The van der Waals surface area contributed by atoms with Gasteiger partial charge in [0.15, 0.2) is 0 Å². The molecule has 0 saturated carbocycles. The van der Waals surface area contributed by atoms with Gasteiger partial charge in [-0.3, -0.25) is 9.69 Å². The zero-order chi connectivity index (χ0) is 33.0. The number of amides is 2. The summed E-state index contributed by atoms with van der Waals surface area (Å²) in [6.07, 6.45) is -0.987. The summed E-state index contributed by atoms with van der Waals surface area (Å²) in [5.41, 5.74) is 0.520. The highest BCUT2D eigenvalue weighted by atomic mass is 32.2. The van der Waals surface area contributed by atoms with Crippen LogP contribution in [-0.4, -0.2) is 94.7 Å². The van der Waals surface area contributed by atoms with Crippen molar-refractivity contribution in [3.63, 3.8) is 0 Å². The number of aliphatic hydroxyl groups is 1. The van der Waals surface area contributed by atoms with Crippen molar-refractivity contribution in [2.24, 2.45) is 11.8 Å². The smallest absolute Gasteiger partial charge is 0.413 e. The molecule has 242 valence electrons. The molecule has 6 unspecified atom stereocenters. The Morgan fingerprint density at radius 2 is 1.46 bits per heavy atom. The first-order chi connectivity index (χ1) is 22.1. The predicted octanol–water partition coefficient (Wildman–Crippen LogP) is 2.74. The first kappa shape index (κ1) is 32.7. The molecule has 1 N–H and O–H groups in total. The van der Waals surface area contributed by atoms with Crippen LogP contribution in [0.15, 0.2) is 71.3 Å². The van der Waals surface area contributed by atoms with E-state index in [2.05, 4.69) is 0 Å². The summed E-state index contributed by atoms with van der Waals surface area (Å²) < 4.78 is 20.5. The number of aldehydes is 1. The van der Waals surface area contributed by atoms with Crippen LogP contribution in [0.2, 0.25) is 0 Å². The van der Waals surface area contributed by atoms with Crippen LogP contribution >= 0.6 is 11.8 Å². The Morgan fingerprint density at radius 1 is 0.913 bits per heavy atom. The Labute approximate surface area is 268 Å². The van der Waals surface area contributed by atoms with E-state index in [4.69, 9.17) is 18.9 Å². The van der Waals surface area contributed by atoms with Crippen LogP contribution in [0.25, 0.3) is 0 Å². The van der Waals surface area contributed by atoms with Crippen LogP contribution in [0, 0.1) is 11.8 Å². The first-order valence-corrected chi connectivity index (χ1v) is 15.4. The van der Waals surface area contributed by atoms with E-state index in [0.29, 0.717) is 11.2 Å². The van der Waals surface area contributed by atoms with Gasteiger partial charge in [0.1, 0.15) is 12.0 Å². The quantitative estimate of drug-likeness (QED) is 0.164. The zero-order valence-corrected chi connectivity index (χ0v) is 25.8. The van der Waals surface area contributed by atoms with E-state index >= 15 is 0 Å². The van der Waals surface area contributed by atoms with Crippen molar-refractivity contribution in [2.45, 2.75) is 43.7 Å². The van der Waals surface area contributed by atoms with Crippen LogP contribution in [-0.2, 0) is 33.3 Å². The van der Waals surface area contributed by atoms with Gasteiger partial charge in [0.05, 0.1) is 35.2 Å². The van der Waals surface area contributed by atoms with Gasteiger partial charge in [0.25, 0.3) is 0 Å². The summed E-state index contributed by atoms with van der Waals surface area (Å²) in [4.78, 5) is 78.6. The van der Waals surface area contributed by atoms with Gasteiger partial charge >= 0.3 is 24.0 Å². The second-order valence-corrected chi connectivity index (χ2v) is 12.3. The summed E-state index contributed by atoms with van der Waals surface area (Å²) in [6.45, 7) is 2.03. The molecule has 3 aliphatic heterocycles. The van der Waals surface area contributed by atoms with E-state index in [0.717, 1.165) is 0 Å². The van der Waals surface area contributed by atoms with E-state index in [1.165, 1.54) is 28.5 Å². The summed E-state index contributed by atoms with van der Waals surface area (Å²) in [5, 5.41) is 9.89. The highest BCUT2D eigenvalue weighted by molar-refractivity contribution is 8.03. The van der Waals surface area contributed by atoms with Crippen LogP contribution in [0.3, 0.4) is 0 Å². The number of carbonyl (C=O) groups is 6. The number of fused-ring (bicyclic) bond motifs is 1. The summed E-state index contributed by atoms with van der Waals surface area (Å²) in [7, 11) is 0. The minimum Gasteiger partial charge on any atom is -0.424 e. The molecule has 2 aromatic rings. The molecule has 46 heavy (non-hydrogen) atoms. The van der Waals surface area contributed by atoms with Gasteiger partial charge in [-0.15, -0.1) is 11.8 Å². The number of benzene rings is 2. The molecule has 0 bridgehead atoms. The van der Waals surface area contributed by atoms with Gasteiger partial charge in [-0.1, -0.05) is 43.3 Å². The van der Waals surface area contributed by atoms with E-state index < -0.39 is 67.6 Å². The number of ether oxygens (including phenoxy) is 4. The number of carbonyl (C=O) groups excluding carboxylic acids is 6. The SMILES string of the molecule is CC(O)C1C(=O)N2C(C(=O)OCOC(=O)c3ccccc3)=C(SC3CC(C=O)N(C(=O)OCOC(=O)c4ccccc4)C3)C(C)C12. The van der Waals surface area contributed by atoms with Crippen LogP contribution in [0.5, 0.6) is 0 Å². The lowest BCUT2D eigenvalue weighted by atomic mass is 9.79. The number of aliphatic hydroxyl groups excluding tert-OH is 1. The van der Waals surface area contributed by atoms with Crippen molar-refractivity contribution in [1.82, 2.24) is 9.80 Å². The molecule has 2 amide bonds. The highest BCUT2D eigenvalue weighted by Gasteiger charge is 2.60. The second kappa shape index (κ2) is 14.2. The van der Waals surface area contributed by atoms with Crippen molar-refractivity contribution in [3.8, 4) is 0 Å². The Morgan fingerprint density at radius 3 is 2.00 bits per heavy atom. The molecule has 5 rings (SSSR count). The van der Waals surface area contributed by atoms with E-state index in [-0.39, 0.29) is 41.0 Å². The summed E-state index contributed by atoms with van der Waals surface area (Å²) in [5.74, 6) is -3.83. The van der Waals surface area contributed by atoms with Gasteiger partial charge < -0.3 is 33.7 Å². The molecule has 3 heterocycles. The number of thioether (sulfide) groups is 1. The Hall–Kier alpha value is -4.69. The third-order valence-corrected chi connectivity index (χ3v) is 9.56. The fourth-order valence-corrected chi connectivity index (χ4v) is 7.37. The molecule has 0 radical (unpaired) electrons. The monoisotopic (exact) mass is 652 g/mol. The van der Waals surface area contributed by atoms with Gasteiger partial charge in [-0.05, 0) is 37.6 Å². The molecule has 14 heteroatoms. The van der Waals surface area contributed by atoms with Crippen LogP contribution in [0.4, 0.5) is 4.79 Å². The standard InChI is InChI=1S/C32H32N2O11S/c1-18-25-24(19(2)36)28(37)34(25)26(31(40)44-16-42-29(38)20-9-5-3-6-10-20)27(18)46-23-13-22(15-35)33(14-23)32(41)45-17-43-30(39)21-11-7-4-8-12-21/h3-12,15,18-19,22-25,36H,13-14,16-17H2,1-2H3. The van der Waals surface area contributed by atoms with Gasteiger partial charge in [-0.2, -0.15) is 0 Å². The lowest BCUT2D eigenvalue weighted by Gasteiger charge is -2.46. The lowest BCUT2D eigenvalue weighted by Crippen LogP contribution is -2.63. The maximum Gasteiger partial charge on any atom is 0.413 e. The fourth-order valence-electron chi connectivity index (χ4n) is 5.84. The maximum absolute atomic E-state index is 13.4. The normalized spacial score (nSPS) is 24.1. The molecule has 2 aromatic carbocycles. The number of hydrogen-bond acceptors (Lipinski definition) is 12. The maximum atomic E-state index is 13.4. The number of hydrogen-bond donors (Lipinski definition) is 1. The van der Waals surface area contributed by atoms with Crippen molar-refractivity contribution in [3.05, 3.63) is 82.4 Å². The summed E-state index contributed by atoms with van der Waals surface area (Å²) >= 11 is 1.23. The zero-order valence-electron chi connectivity index (χ0n) is 25.0. The first-order valence-electron chi connectivity index (χ1n) is 14.5. The number of nitrogens with zero attached hydrogens (tertiary/aromatic N) is 2. The second-order valence-electron chi connectivity index (χ2n) is 11.0. The molecule has 3 aliphatic rings. The predicted molar refractivity (Wildman–Crippen MR) is 161 cm³/mol. The molecule has 0 aliphatic carbocycles. The Kier molecular flexibility index (Phi) is 10.1. The highest BCUT2D eigenvalue weighted by Crippen LogP contribution is 2.52. The van der Waals surface area contributed by atoms with Crippen molar-refractivity contribution in [1.29, 1.82) is 0 Å². The molecule has 2 saturated heterocycles. The van der Waals surface area contributed by atoms with Crippen molar-refractivity contribution in [2.75, 3.05) is 20.1 Å². The molecular weight excluding hydrogens is 620 g/mol. The molecule has 6 atom stereocenters. The lowest BCUT2D eigenvalue weighted by molar-refractivity contribution is -0.166. The molecule has 13 nitrogen and oxygen atoms in total. The summed E-state index contributed by atoms with van der Waals surface area (Å²) in [6, 6.07) is 15.0. The Bertz CT molecular complexity index is 1530. The average molecular weight is 653 g/mol. The minimum atomic E-state index is -0.961. The molecule has 0 aromatic heterocycles. The van der Waals surface area contributed by atoms with Crippen molar-refractivity contribution < 1.29 is 52.8 Å². The van der Waals surface area contributed by atoms with E-state index in [9.17, 15) is 33.9 Å². The number of rotatable bonds is 11. The van der Waals surface area contributed by atoms with Crippen LogP contribution < -0.4 is 0 Å². The number of esters is 3. The third-order valence-electron chi connectivity index (χ3n) is 8.06. The number of likely N-dealkylation sites (tertiary alicyclic amines) is 1. The molecule has 2 fully saturated rings. The van der Waals surface area contributed by atoms with E-state index in [1.54, 1.807) is 60.7 Å². The average Bonchev–Trinajstić information content (AvgIpc) is 3.58. The largest absolute Gasteiger partial charge is 0.424 e. The Balaban J connectivity index is 1.25. The molecule has 0 spiro atoms. The van der Waals surface area contributed by atoms with Gasteiger partial charge in [0.2, 0.25) is 19.5 Å².